The number of aliphatic hydroxyl groups excluding tert-OH is 3. The predicted octanol–water partition coefficient (Wildman–Crippen LogP) is 6.39. The number of hydrogen-bond acceptors (Lipinski definition) is 7. The molecule has 5 aliphatic carbocycles. The number of hydrogen-bond donors (Lipinski definition) is 3. The van der Waals surface area contributed by atoms with E-state index < -0.39 is 47.7 Å². The second-order valence-electron chi connectivity index (χ2n) is 17.9. The van der Waals surface area contributed by atoms with Crippen LogP contribution in [0.1, 0.15) is 115 Å². The van der Waals surface area contributed by atoms with E-state index in [0.29, 0.717) is 18.3 Å². The van der Waals surface area contributed by atoms with E-state index in [4.69, 9.17) is 9.47 Å². The second kappa shape index (κ2) is 10.9. The summed E-state index contributed by atoms with van der Waals surface area (Å²) >= 11 is 0. The van der Waals surface area contributed by atoms with Crippen LogP contribution in [0.15, 0.2) is 23.3 Å². The van der Waals surface area contributed by atoms with Crippen molar-refractivity contribution in [2.75, 3.05) is 6.61 Å². The highest BCUT2D eigenvalue weighted by molar-refractivity contribution is 5.83. The van der Waals surface area contributed by atoms with Gasteiger partial charge in [0, 0.05) is 18.4 Å². The van der Waals surface area contributed by atoms with E-state index in [2.05, 4.69) is 47.6 Å². The third-order valence-corrected chi connectivity index (χ3v) is 14.9. The van der Waals surface area contributed by atoms with E-state index in [1.54, 1.807) is 0 Å². The molecule has 3 N–H and O–H groups in total. The Morgan fingerprint density at radius 1 is 0.933 bits per heavy atom. The lowest BCUT2D eigenvalue weighted by Crippen LogP contribution is -2.74. The molecule has 5 aliphatic rings. The van der Waals surface area contributed by atoms with Gasteiger partial charge in [0.1, 0.15) is 12.2 Å². The average Bonchev–Trinajstić information content (AvgIpc) is 2.92. The van der Waals surface area contributed by atoms with Crippen molar-refractivity contribution < 1.29 is 34.4 Å². The van der Waals surface area contributed by atoms with Crippen LogP contribution in [0.5, 0.6) is 0 Å². The maximum atomic E-state index is 13.0. The van der Waals surface area contributed by atoms with Gasteiger partial charge in [0.05, 0.1) is 24.2 Å². The quantitative estimate of drug-likeness (QED) is 0.188. The zero-order chi connectivity index (χ0) is 33.7. The molecule has 5 rings (SSSR count). The highest BCUT2D eigenvalue weighted by Gasteiger charge is 2.75. The molecule has 7 nitrogen and oxygen atoms in total. The summed E-state index contributed by atoms with van der Waals surface area (Å²) in [6.07, 6.45) is 5.97. The number of ether oxygens (including phenoxy) is 2. The molecular weight excluding hydrogens is 568 g/mol. The van der Waals surface area contributed by atoms with Crippen LogP contribution in [-0.2, 0) is 19.1 Å². The topological polar surface area (TPSA) is 113 Å². The lowest BCUT2D eigenvalue weighted by molar-refractivity contribution is -0.279. The van der Waals surface area contributed by atoms with Crippen LogP contribution < -0.4 is 0 Å². The van der Waals surface area contributed by atoms with Gasteiger partial charge in [-0.1, -0.05) is 72.6 Å². The fourth-order valence-electron chi connectivity index (χ4n) is 12.3. The van der Waals surface area contributed by atoms with Crippen molar-refractivity contribution in [1.82, 2.24) is 0 Å². The molecule has 12 unspecified atom stereocenters. The van der Waals surface area contributed by atoms with Gasteiger partial charge in [0.2, 0.25) is 0 Å². The molecule has 0 amide bonds. The Morgan fingerprint density at radius 2 is 1.58 bits per heavy atom. The molecule has 0 bridgehead atoms. The molecule has 254 valence electrons. The van der Waals surface area contributed by atoms with Crippen molar-refractivity contribution in [3.63, 3.8) is 0 Å². The molecule has 0 aromatic carbocycles. The summed E-state index contributed by atoms with van der Waals surface area (Å²) < 4.78 is 12.2. The standard InChI is InChI=1S/C38H60O7/c1-21(2)18-29(42)45-31-32(44-23(4)40)38(20-39)25(19-33(31,5)6)24-12-13-27-35(9)16-15-28(41)34(7,8)26(35)14-17-36(27,10)37(24,11)22(3)30(38)43/h12,18,22,25-28,30-32,39,41,43H,13-17,19-20H2,1-11H3. The lowest BCUT2D eigenvalue weighted by Gasteiger charge is -2.74. The molecule has 0 radical (unpaired) electrons. The first-order valence-corrected chi connectivity index (χ1v) is 17.4. The zero-order valence-corrected chi connectivity index (χ0v) is 29.7. The lowest BCUT2D eigenvalue weighted by atomic mass is 9.31. The minimum atomic E-state index is -1.23. The Labute approximate surface area is 271 Å². The van der Waals surface area contributed by atoms with E-state index in [0.717, 1.165) is 37.7 Å². The first-order chi connectivity index (χ1) is 20.7. The van der Waals surface area contributed by atoms with Crippen LogP contribution in [0.3, 0.4) is 0 Å². The van der Waals surface area contributed by atoms with Crippen molar-refractivity contribution in [2.45, 2.75) is 139 Å². The van der Waals surface area contributed by atoms with Gasteiger partial charge in [0.25, 0.3) is 0 Å². The molecule has 4 fully saturated rings. The minimum Gasteiger partial charge on any atom is -0.458 e. The van der Waals surface area contributed by atoms with Gasteiger partial charge in [-0.25, -0.2) is 4.79 Å². The number of carbonyl (C=O) groups excluding carboxylic acids is 2. The van der Waals surface area contributed by atoms with Crippen molar-refractivity contribution in [3.8, 4) is 0 Å². The fourth-order valence-corrected chi connectivity index (χ4v) is 12.3. The molecule has 12 atom stereocenters. The van der Waals surface area contributed by atoms with Crippen LogP contribution in [0, 0.1) is 56.2 Å². The maximum Gasteiger partial charge on any atom is 0.331 e. The van der Waals surface area contributed by atoms with E-state index in [9.17, 15) is 24.9 Å². The van der Waals surface area contributed by atoms with Crippen molar-refractivity contribution in [1.29, 1.82) is 0 Å². The molecule has 7 heteroatoms. The van der Waals surface area contributed by atoms with Gasteiger partial charge in [0.15, 0.2) is 0 Å². The van der Waals surface area contributed by atoms with Crippen LogP contribution in [-0.4, -0.2) is 58.3 Å². The molecule has 0 spiro atoms. The average molecular weight is 629 g/mol. The first-order valence-electron chi connectivity index (χ1n) is 17.4. The van der Waals surface area contributed by atoms with Gasteiger partial charge in [-0.3, -0.25) is 4.79 Å². The summed E-state index contributed by atoms with van der Waals surface area (Å²) in [5, 5.41) is 35.1. The first kappa shape index (κ1) is 34.6. The van der Waals surface area contributed by atoms with Crippen molar-refractivity contribution in [2.24, 2.45) is 56.2 Å². The van der Waals surface area contributed by atoms with Crippen molar-refractivity contribution in [3.05, 3.63) is 23.3 Å². The normalized spacial score (nSPS) is 47.9. The Balaban J connectivity index is 1.66. The summed E-state index contributed by atoms with van der Waals surface area (Å²) in [6, 6.07) is 0. The number of rotatable bonds is 4. The zero-order valence-electron chi connectivity index (χ0n) is 29.7. The number of esters is 2. The summed E-state index contributed by atoms with van der Waals surface area (Å²) in [7, 11) is 0. The minimum absolute atomic E-state index is 0.0489. The fraction of sp³-hybridized carbons (Fsp3) is 0.842. The monoisotopic (exact) mass is 628 g/mol. The Morgan fingerprint density at radius 3 is 2.16 bits per heavy atom. The number of fused-ring (bicyclic) bond motifs is 7. The molecule has 0 aromatic rings. The highest BCUT2D eigenvalue weighted by atomic mass is 16.6. The smallest absolute Gasteiger partial charge is 0.331 e. The third kappa shape index (κ3) is 4.59. The van der Waals surface area contributed by atoms with Crippen LogP contribution >= 0.6 is 0 Å². The SMILES string of the molecule is CC(=O)OC1C(OC(=O)C=C(C)C)C(C)(C)CC2C3=CCC4C5(C)CCC(O)C(C)(C)C5CCC4(C)C3(C)C(C)C(O)C21CO. The second-order valence-corrected chi connectivity index (χ2v) is 17.9. The summed E-state index contributed by atoms with van der Waals surface area (Å²) in [5.74, 6) is -0.806. The van der Waals surface area contributed by atoms with Gasteiger partial charge in [-0.2, -0.15) is 0 Å². The van der Waals surface area contributed by atoms with Gasteiger partial charge < -0.3 is 24.8 Å². The Hall–Kier alpha value is -1.70. The number of carbonyl (C=O) groups is 2. The molecule has 0 saturated heterocycles. The summed E-state index contributed by atoms with van der Waals surface area (Å²) in [6.45, 7) is 22.5. The predicted molar refractivity (Wildman–Crippen MR) is 174 cm³/mol. The summed E-state index contributed by atoms with van der Waals surface area (Å²) in [5.41, 5.74) is -0.413. The van der Waals surface area contributed by atoms with E-state index in [-0.39, 0.29) is 39.6 Å². The summed E-state index contributed by atoms with van der Waals surface area (Å²) in [4.78, 5) is 25.8. The third-order valence-electron chi connectivity index (χ3n) is 14.9. The highest BCUT2D eigenvalue weighted by Crippen LogP contribution is 2.77. The maximum absolute atomic E-state index is 13.0. The number of aliphatic hydroxyl groups is 3. The molecular formula is C38H60O7. The van der Waals surface area contributed by atoms with E-state index >= 15 is 0 Å². The molecule has 0 aliphatic heterocycles. The number of allylic oxidation sites excluding steroid dienone is 3. The molecule has 4 saturated carbocycles. The van der Waals surface area contributed by atoms with E-state index in [1.807, 2.05) is 27.7 Å². The Kier molecular flexibility index (Phi) is 8.40. The van der Waals surface area contributed by atoms with Crippen LogP contribution in [0.25, 0.3) is 0 Å². The molecule has 0 heterocycles. The van der Waals surface area contributed by atoms with Gasteiger partial charge in [-0.05, 0) is 97.7 Å². The Bertz CT molecular complexity index is 1280. The van der Waals surface area contributed by atoms with Crippen LogP contribution in [0.2, 0.25) is 0 Å². The van der Waals surface area contributed by atoms with Crippen LogP contribution in [0.4, 0.5) is 0 Å². The van der Waals surface area contributed by atoms with Gasteiger partial charge >= 0.3 is 11.9 Å². The van der Waals surface area contributed by atoms with Gasteiger partial charge in [-0.15, -0.1) is 0 Å². The largest absolute Gasteiger partial charge is 0.458 e. The van der Waals surface area contributed by atoms with E-state index in [1.165, 1.54) is 18.6 Å². The molecule has 0 aromatic heterocycles. The molecule has 45 heavy (non-hydrogen) atoms. The van der Waals surface area contributed by atoms with Crippen molar-refractivity contribution >= 4 is 11.9 Å².